The summed E-state index contributed by atoms with van der Waals surface area (Å²) in [6.45, 7) is 1.67. The van der Waals surface area contributed by atoms with Gasteiger partial charge in [-0.1, -0.05) is 59.2 Å². The lowest BCUT2D eigenvalue weighted by Gasteiger charge is -2.06. The van der Waals surface area contributed by atoms with Crippen LogP contribution in [0.15, 0.2) is 65.2 Å². The molecule has 8 heteroatoms. The van der Waals surface area contributed by atoms with Crippen LogP contribution in [-0.4, -0.2) is 24.1 Å². The summed E-state index contributed by atoms with van der Waals surface area (Å²) < 4.78 is 10.2. The molecule has 2 aromatic carbocycles. The molecule has 0 spiro atoms. The van der Waals surface area contributed by atoms with Crippen molar-refractivity contribution < 1.29 is 18.8 Å². The van der Waals surface area contributed by atoms with Crippen molar-refractivity contribution in [3.05, 3.63) is 81.9 Å². The van der Waals surface area contributed by atoms with Crippen molar-refractivity contribution >= 4 is 40.5 Å². The maximum atomic E-state index is 13.2. The average molecular weight is 453 g/mol. The summed E-state index contributed by atoms with van der Waals surface area (Å²) in [5.74, 6) is -0.585. The lowest BCUT2D eigenvalue weighted by molar-refractivity contribution is 0.0607. The first-order chi connectivity index (χ1) is 15.0. The van der Waals surface area contributed by atoms with E-state index in [2.05, 4.69) is 10.5 Å². The number of carbonyl (C=O) groups is 2. The molecular weight excluding hydrogens is 436 g/mol. The Morgan fingerprint density at radius 1 is 1.06 bits per heavy atom. The van der Waals surface area contributed by atoms with E-state index in [0.717, 1.165) is 16.0 Å². The molecule has 0 bridgehead atoms. The van der Waals surface area contributed by atoms with Gasteiger partial charge in [0.2, 0.25) is 0 Å². The van der Waals surface area contributed by atoms with Gasteiger partial charge in [0.15, 0.2) is 0 Å². The normalized spacial score (nSPS) is 10.7. The fourth-order valence-corrected chi connectivity index (χ4v) is 4.27. The number of esters is 1. The van der Waals surface area contributed by atoms with Crippen LogP contribution in [0.25, 0.3) is 21.7 Å². The van der Waals surface area contributed by atoms with Crippen LogP contribution in [0.1, 0.15) is 25.8 Å². The second-order valence-electron chi connectivity index (χ2n) is 6.63. The quantitative estimate of drug-likeness (QED) is 0.371. The van der Waals surface area contributed by atoms with Gasteiger partial charge in [-0.05, 0) is 30.7 Å². The van der Waals surface area contributed by atoms with Gasteiger partial charge in [0, 0.05) is 15.5 Å². The first-order valence-corrected chi connectivity index (χ1v) is 10.5. The summed E-state index contributed by atoms with van der Waals surface area (Å²) in [6, 6.07) is 18.2. The number of rotatable bonds is 5. The number of aryl methyl sites for hydroxylation is 1. The van der Waals surface area contributed by atoms with Gasteiger partial charge < -0.3 is 14.6 Å². The molecule has 1 amide bonds. The summed E-state index contributed by atoms with van der Waals surface area (Å²) in [5, 5.41) is 7.48. The topological polar surface area (TPSA) is 81.4 Å². The zero-order valence-electron chi connectivity index (χ0n) is 16.6. The second kappa shape index (κ2) is 8.75. The molecule has 0 aliphatic rings. The molecule has 31 heavy (non-hydrogen) atoms. The molecule has 0 radical (unpaired) electrons. The van der Waals surface area contributed by atoms with E-state index in [1.165, 1.54) is 18.4 Å². The van der Waals surface area contributed by atoms with E-state index in [9.17, 15) is 9.59 Å². The molecule has 4 aromatic rings. The number of amides is 1. The maximum Gasteiger partial charge on any atom is 0.350 e. The number of thiophene rings is 1. The standard InChI is InChI=1S/C23H17ClN2O4S/c1-13-19(20(26-30-13)15-6-4-3-5-7-15)22(27)25-17-12-18(31-21(17)23(28)29-2)14-8-10-16(24)11-9-14/h3-12H,1-2H3,(H,25,27). The molecule has 156 valence electrons. The minimum Gasteiger partial charge on any atom is -0.465 e. The Labute approximate surface area is 187 Å². The Bertz CT molecular complexity index is 1250. The molecule has 6 nitrogen and oxygen atoms in total. The molecule has 2 heterocycles. The maximum absolute atomic E-state index is 13.2. The van der Waals surface area contributed by atoms with E-state index < -0.39 is 11.9 Å². The Kier molecular flexibility index (Phi) is 5.88. The van der Waals surface area contributed by atoms with Crippen LogP contribution in [-0.2, 0) is 4.74 Å². The number of hydrogen-bond donors (Lipinski definition) is 1. The summed E-state index contributed by atoms with van der Waals surface area (Å²) in [4.78, 5) is 26.6. The Morgan fingerprint density at radius 3 is 2.45 bits per heavy atom. The van der Waals surface area contributed by atoms with E-state index in [0.29, 0.717) is 27.7 Å². The lowest BCUT2D eigenvalue weighted by atomic mass is 10.1. The van der Waals surface area contributed by atoms with Crippen LogP contribution >= 0.6 is 22.9 Å². The summed E-state index contributed by atoms with van der Waals surface area (Å²) >= 11 is 7.20. The van der Waals surface area contributed by atoms with Crippen molar-refractivity contribution in [1.29, 1.82) is 0 Å². The van der Waals surface area contributed by atoms with Gasteiger partial charge in [0.05, 0.1) is 12.8 Å². The predicted octanol–water partition coefficient (Wildman–Crippen LogP) is 6.07. The van der Waals surface area contributed by atoms with Gasteiger partial charge in [0.25, 0.3) is 5.91 Å². The largest absolute Gasteiger partial charge is 0.465 e. The van der Waals surface area contributed by atoms with E-state index in [1.807, 2.05) is 42.5 Å². The third-order valence-electron chi connectivity index (χ3n) is 4.62. The second-order valence-corrected chi connectivity index (χ2v) is 8.12. The minimum atomic E-state index is -0.536. The van der Waals surface area contributed by atoms with Crippen molar-refractivity contribution in [3.63, 3.8) is 0 Å². The summed E-state index contributed by atoms with van der Waals surface area (Å²) in [5.41, 5.74) is 2.71. The molecular formula is C23H17ClN2O4S. The van der Waals surface area contributed by atoms with E-state index >= 15 is 0 Å². The fourth-order valence-electron chi connectivity index (χ4n) is 3.10. The monoisotopic (exact) mass is 452 g/mol. The number of hydrogen-bond acceptors (Lipinski definition) is 6. The molecule has 0 saturated carbocycles. The summed E-state index contributed by atoms with van der Waals surface area (Å²) in [6.07, 6.45) is 0. The van der Waals surface area contributed by atoms with Crippen molar-refractivity contribution in [2.24, 2.45) is 0 Å². The third kappa shape index (κ3) is 4.23. The van der Waals surface area contributed by atoms with Crippen LogP contribution in [0.5, 0.6) is 0 Å². The molecule has 0 saturated heterocycles. The Morgan fingerprint density at radius 2 is 1.77 bits per heavy atom. The van der Waals surface area contributed by atoms with Gasteiger partial charge in [-0.2, -0.15) is 0 Å². The molecule has 1 N–H and O–H groups in total. The fraction of sp³-hybridized carbons (Fsp3) is 0.0870. The van der Waals surface area contributed by atoms with E-state index in [-0.39, 0.29) is 4.88 Å². The molecule has 0 aliphatic heterocycles. The van der Waals surface area contributed by atoms with Crippen LogP contribution in [0.4, 0.5) is 5.69 Å². The van der Waals surface area contributed by atoms with Crippen LogP contribution in [0.3, 0.4) is 0 Å². The number of ether oxygens (including phenoxy) is 1. The van der Waals surface area contributed by atoms with Gasteiger partial charge >= 0.3 is 5.97 Å². The van der Waals surface area contributed by atoms with Crippen LogP contribution < -0.4 is 5.32 Å². The lowest BCUT2D eigenvalue weighted by Crippen LogP contribution is -2.15. The first kappa shape index (κ1) is 20.8. The summed E-state index contributed by atoms with van der Waals surface area (Å²) in [7, 11) is 1.30. The van der Waals surface area contributed by atoms with Crippen molar-refractivity contribution in [2.45, 2.75) is 6.92 Å². The number of anilines is 1. The number of nitrogens with one attached hydrogen (secondary N) is 1. The molecule has 0 fully saturated rings. The zero-order valence-corrected chi connectivity index (χ0v) is 18.2. The van der Waals surface area contributed by atoms with Crippen molar-refractivity contribution in [3.8, 4) is 21.7 Å². The smallest absolute Gasteiger partial charge is 0.350 e. The number of carbonyl (C=O) groups excluding carboxylic acids is 2. The predicted molar refractivity (Wildman–Crippen MR) is 121 cm³/mol. The number of nitrogens with zero attached hydrogens (tertiary/aromatic N) is 1. The van der Waals surface area contributed by atoms with Crippen molar-refractivity contribution in [2.75, 3.05) is 12.4 Å². The minimum absolute atomic E-state index is 0.288. The number of halogens is 1. The molecule has 0 unspecified atom stereocenters. The highest BCUT2D eigenvalue weighted by Crippen LogP contribution is 2.36. The zero-order chi connectivity index (χ0) is 22.0. The molecule has 4 rings (SSSR count). The van der Waals surface area contributed by atoms with Gasteiger partial charge in [-0.3, -0.25) is 4.79 Å². The first-order valence-electron chi connectivity index (χ1n) is 9.29. The van der Waals surface area contributed by atoms with Crippen molar-refractivity contribution in [1.82, 2.24) is 5.16 Å². The van der Waals surface area contributed by atoms with Gasteiger partial charge in [0.1, 0.15) is 21.9 Å². The van der Waals surface area contributed by atoms with E-state index in [1.54, 1.807) is 25.1 Å². The van der Waals surface area contributed by atoms with Gasteiger partial charge in [-0.25, -0.2) is 4.79 Å². The molecule has 0 atom stereocenters. The highest BCUT2D eigenvalue weighted by molar-refractivity contribution is 7.18. The highest BCUT2D eigenvalue weighted by Gasteiger charge is 2.25. The average Bonchev–Trinajstić information content (AvgIpc) is 3.38. The molecule has 2 aromatic heterocycles. The number of benzene rings is 2. The van der Waals surface area contributed by atoms with Gasteiger partial charge in [-0.15, -0.1) is 11.3 Å². The van der Waals surface area contributed by atoms with Crippen LogP contribution in [0, 0.1) is 6.92 Å². The highest BCUT2D eigenvalue weighted by atomic mass is 35.5. The SMILES string of the molecule is COC(=O)c1sc(-c2ccc(Cl)cc2)cc1NC(=O)c1c(-c2ccccc2)noc1C. The number of aromatic nitrogens is 1. The Hall–Kier alpha value is -3.42. The van der Waals surface area contributed by atoms with Crippen LogP contribution in [0.2, 0.25) is 5.02 Å². The third-order valence-corrected chi connectivity index (χ3v) is 6.03. The Balaban J connectivity index is 1.71. The molecule has 0 aliphatic carbocycles. The van der Waals surface area contributed by atoms with E-state index in [4.69, 9.17) is 20.9 Å². The number of methoxy groups -OCH3 is 1.